The Morgan fingerprint density at radius 2 is 2.00 bits per heavy atom. The Labute approximate surface area is 106 Å². The first-order chi connectivity index (χ1) is 8.09. The van der Waals surface area contributed by atoms with Gasteiger partial charge in [0, 0.05) is 5.54 Å². The fourth-order valence-electron chi connectivity index (χ4n) is 1.73. The van der Waals surface area contributed by atoms with Gasteiger partial charge in [0.1, 0.15) is 17.0 Å². The largest absolute Gasteiger partial charge is 0.364 e. The second-order valence-electron chi connectivity index (χ2n) is 4.56. The molecule has 0 fully saturated rings. The van der Waals surface area contributed by atoms with E-state index >= 15 is 0 Å². The summed E-state index contributed by atoms with van der Waals surface area (Å²) in [6.07, 6.45) is 3.73. The van der Waals surface area contributed by atoms with Gasteiger partial charge in [0.25, 0.3) is 0 Å². The number of aromatic nitrogens is 3. The van der Waals surface area contributed by atoms with E-state index in [-0.39, 0.29) is 5.54 Å². The van der Waals surface area contributed by atoms with Gasteiger partial charge in [0.15, 0.2) is 0 Å². The number of fused-ring (bicyclic) bond motifs is 1. The van der Waals surface area contributed by atoms with E-state index in [9.17, 15) is 0 Å². The summed E-state index contributed by atoms with van der Waals surface area (Å²) in [7, 11) is 0. The number of hydrogen-bond acceptors (Lipinski definition) is 5. The van der Waals surface area contributed by atoms with E-state index in [4.69, 9.17) is 0 Å². The van der Waals surface area contributed by atoms with Gasteiger partial charge in [-0.1, -0.05) is 13.8 Å². The summed E-state index contributed by atoms with van der Waals surface area (Å²) >= 11 is 1.43. The van der Waals surface area contributed by atoms with Crippen LogP contribution in [0.5, 0.6) is 0 Å². The van der Waals surface area contributed by atoms with Gasteiger partial charge >= 0.3 is 0 Å². The molecule has 92 valence electrons. The van der Waals surface area contributed by atoms with E-state index in [0.29, 0.717) is 0 Å². The summed E-state index contributed by atoms with van der Waals surface area (Å²) in [4.78, 5) is 9.57. The molecule has 4 nitrogen and oxygen atoms in total. The number of hydrogen-bond donors (Lipinski definition) is 1. The lowest BCUT2D eigenvalue weighted by Crippen LogP contribution is -2.33. The molecule has 0 aliphatic rings. The first kappa shape index (κ1) is 12.2. The highest BCUT2D eigenvalue weighted by Crippen LogP contribution is 2.29. The second-order valence-corrected chi connectivity index (χ2v) is 5.32. The lowest BCUT2D eigenvalue weighted by Gasteiger charge is -2.29. The van der Waals surface area contributed by atoms with Crippen LogP contribution >= 0.6 is 11.5 Å². The van der Waals surface area contributed by atoms with Gasteiger partial charge in [0.2, 0.25) is 0 Å². The van der Waals surface area contributed by atoms with Crippen LogP contribution in [0.1, 0.15) is 39.3 Å². The van der Waals surface area contributed by atoms with Crippen LogP contribution in [0.4, 0.5) is 5.82 Å². The molecular formula is C12H18N4S. The van der Waals surface area contributed by atoms with Crippen LogP contribution in [-0.4, -0.2) is 19.9 Å². The highest BCUT2D eigenvalue weighted by Gasteiger charge is 2.21. The summed E-state index contributed by atoms with van der Waals surface area (Å²) in [6.45, 7) is 8.60. The summed E-state index contributed by atoms with van der Waals surface area (Å²) in [5, 5.41) is 4.60. The van der Waals surface area contributed by atoms with Crippen LogP contribution in [0.15, 0.2) is 6.33 Å². The van der Waals surface area contributed by atoms with Crippen LogP contribution in [0.3, 0.4) is 0 Å². The van der Waals surface area contributed by atoms with Crippen molar-refractivity contribution in [1.29, 1.82) is 0 Å². The molecule has 1 N–H and O–H groups in total. The molecule has 0 aromatic carbocycles. The molecule has 2 aromatic rings. The first-order valence-corrected chi connectivity index (χ1v) is 6.72. The summed E-state index contributed by atoms with van der Waals surface area (Å²) in [5.74, 6) is 0.910. The predicted octanol–water partition coefficient (Wildman–Crippen LogP) is 3.39. The SMILES string of the molecule is CCC(C)(CC)Nc1ncnc2snc(C)c12. The van der Waals surface area contributed by atoms with Crippen LogP contribution in [0.2, 0.25) is 0 Å². The van der Waals surface area contributed by atoms with Gasteiger partial charge in [-0.05, 0) is 38.2 Å². The van der Waals surface area contributed by atoms with Crippen molar-refractivity contribution < 1.29 is 0 Å². The van der Waals surface area contributed by atoms with E-state index in [1.807, 2.05) is 6.92 Å². The summed E-state index contributed by atoms with van der Waals surface area (Å²) < 4.78 is 4.34. The number of anilines is 1. The molecule has 2 aromatic heterocycles. The molecule has 0 spiro atoms. The van der Waals surface area contributed by atoms with E-state index in [2.05, 4.69) is 40.4 Å². The number of aryl methyl sites for hydroxylation is 1. The lowest BCUT2D eigenvalue weighted by molar-refractivity contribution is 0.477. The van der Waals surface area contributed by atoms with Crippen LogP contribution in [0, 0.1) is 6.92 Å². The Morgan fingerprint density at radius 3 is 2.65 bits per heavy atom. The molecule has 17 heavy (non-hydrogen) atoms. The molecule has 0 aliphatic heterocycles. The molecule has 2 heterocycles. The minimum Gasteiger partial charge on any atom is -0.364 e. The Kier molecular flexibility index (Phi) is 3.28. The van der Waals surface area contributed by atoms with Gasteiger partial charge in [-0.2, -0.15) is 4.37 Å². The monoisotopic (exact) mass is 250 g/mol. The van der Waals surface area contributed by atoms with Crippen molar-refractivity contribution in [2.24, 2.45) is 0 Å². The minimum absolute atomic E-state index is 0.0790. The highest BCUT2D eigenvalue weighted by atomic mass is 32.1. The molecular weight excluding hydrogens is 232 g/mol. The Balaban J connectivity index is 2.45. The third-order valence-electron chi connectivity index (χ3n) is 3.42. The fourth-order valence-corrected chi connectivity index (χ4v) is 2.47. The average Bonchev–Trinajstić information content (AvgIpc) is 2.72. The van der Waals surface area contributed by atoms with E-state index in [1.165, 1.54) is 11.5 Å². The van der Waals surface area contributed by atoms with Gasteiger partial charge in [-0.25, -0.2) is 9.97 Å². The Bertz CT molecular complexity index is 516. The maximum atomic E-state index is 4.37. The zero-order valence-electron chi connectivity index (χ0n) is 10.7. The van der Waals surface area contributed by atoms with Crippen molar-refractivity contribution in [3.63, 3.8) is 0 Å². The number of nitrogens with zero attached hydrogens (tertiary/aromatic N) is 3. The number of nitrogens with one attached hydrogen (secondary N) is 1. The molecule has 0 saturated carbocycles. The van der Waals surface area contributed by atoms with Crippen molar-refractivity contribution in [3.8, 4) is 0 Å². The van der Waals surface area contributed by atoms with Crippen molar-refractivity contribution in [3.05, 3.63) is 12.0 Å². The predicted molar refractivity (Wildman–Crippen MR) is 72.6 cm³/mol. The summed E-state index contributed by atoms with van der Waals surface area (Å²) in [6, 6.07) is 0. The fraction of sp³-hybridized carbons (Fsp3) is 0.583. The first-order valence-electron chi connectivity index (χ1n) is 5.95. The zero-order chi connectivity index (χ0) is 12.5. The molecule has 0 bridgehead atoms. The van der Waals surface area contributed by atoms with Crippen molar-refractivity contribution in [2.45, 2.75) is 46.1 Å². The average molecular weight is 250 g/mol. The van der Waals surface area contributed by atoms with E-state index < -0.39 is 0 Å². The van der Waals surface area contributed by atoms with Crippen molar-refractivity contribution >= 4 is 27.6 Å². The Hall–Kier alpha value is -1.23. The minimum atomic E-state index is 0.0790. The number of rotatable bonds is 4. The highest BCUT2D eigenvalue weighted by molar-refractivity contribution is 7.13. The normalized spacial score (nSPS) is 12.0. The van der Waals surface area contributed by atoms with Gasteiger partial charge in [-0.3, -0.25) is 0 Å². The maximum Gasteiger partial charge on any atom is 0.149 e. The van der Waals surface area contributed by atoms with E-state index in [1.54, 1.807) is 6.33 Å². The molecule has 0 amide bonds. The molecule has 0 unspecified atom stereocenters. The van der Waals surface area contributed by atoms with Crippen molar-refractivity contribution in [2.75, 3.05) is 5.32 Å². The van der Waals surface area contributed by atoms with Gasteiger partial charge < -0.3 is 5.32 Å². The lowest BCUT2D eigenvalue weighted by atomic mass is 9.95. The van der Waals surface area contributed by atoms with Gasteiger partial charge in [-0.15, -0.1) is 0 Å². The molecule has 2 rings (SSSR count). The standard InChI is InChI=1S/C12H18N4S/c1-5-12(4,6-2)15-10-9-8(3)16-17-11(9)14-7-13-10/h7H,5-6H2,1-4H3,(H,13,14,15). The van der Waals surface area contributed by atoms with Crippen LogP contribution in [-0.2, 0) is 0 Å². The molecule has 0 aliphatic carbocycles. The summed E-state index contributed by atoms with van der Waals surface area (Å²) in [5.41, 5.74) is 1.08. The van der Waals surface area contributed by atoms with E-state index in [0.717, 1.165) is 34.6 Å². The van der Waals surface area contributed by atoms with Crippen LogP contribution in [0.25, 0.3) is 10.2 Å². The molecule has 0 saturated heterocycles. The van der Waals surface area contributed by atoms with Crippen molar-refractivity contribution in [1.82, 2.24) is 14.3 Å². The molecule has 0 radical (unpaired) electrons. The zero-order valence-corrected chi connectivity index (χ0v) is 11.6. The third-order valence-corrected chi connectivity index (χ3v) is 4.27. The second kappa shape index (κ2) is 4.56. The molecule has 0 atom stereocenters. The topological polar surface area (TPSA) is 50.7 Å². The van der Waals surface area contributed by atoms with Crippen LogP contribution < -0.4 is 5.32 Å². The van der Waals surface area contributed by atoms with Gasteiger partial charge in [0.05, 0.1) is 11.1 Å². The quantitative estimate of drug-likeness (QED) is 0.903. The third kappa shape index (κ3) is 2.24. The Morgan fingerprint density at radius 1 is 1.29 bits per heavy atom. The maximum absolute atomic E-state index is 4.37. The molecule has 5 heteroatoms. The smallest absolute Gasteiger partial charge is 0.149 e.